The van der Waals surface area contributed by atoms with Crippen LogP contribution in [-0.4, -0.2) is 37.0 Å². The zero-order chi connectivity index (χ0) is 18.4. The molecule has 0 bridgehead atoms. The summed E-state index contributed by atoms with van der Waals surface area (Å²) >= 11 is 0. The molecule has 5 nitrogen and oxygen atoms in total. The minimum absolute atomic E-state index is 0.0357. The number of hydrogen-bond donors (Lipinski definition) is 2. The number of benzene rings is 2. The average molecular weight is 351 g/mol. The lowest BCUT2D eigenvalue weighted by molar-refractivity contribution is 0.0950. The van der Waals surface area contributed by atoms with Gasteiger partial charge in [0.05, 0.1) is 0 Å². The molecule has 0 radical (unpaired) electrons. The maximum atomic E-state index is 12.5. The Morgan fingerprint density at radius 2 is 1.92 bits per heavy atom. The van der Waals surface area contributed by atoms with Crippen LogP contribution in [-0.2, 0) is 6.54 Å². The van der Waals surface area contributed by atoms with E-state index in [0.717, 1.165) is 30.5 Å². The summed E-state index contributed by atoms with van der Waals surface area (Å²) in [4.78, 5) is 26.2. The van der Waals surface area contributed by atoms with Gasteiger partial charge < -0.3 is 15.5 Å². The van der Waals surface area contributed by atoms with Crippen LogP contribution in [0.4, 0.5) is 4.79 Å². The molecule has 1 saturated heterocycles. The topological polar surface area (TPSA) is 61.4 Å². The number of carbonyl (C=O) groups is 2. The number of likely N-dealkylation sites (tertiary alicyclic amines) is 1. The van der Waals surface area contributed by atoms with E-state index in [4.69, 9.17) is 0 Å². The molecule has 3 rings (SSSR count). The first-order valence-corrected chi connectivity index (χ1v) is 9.06. The number of carbonyl (C=O) groups excluding carboxylic acids is 2. The van der Waals surface area contributed by atoms with Crippen LogP contribution in [0.15, 0.2) is 54.6 Å². The third-order valence-electron chi connectivity index (χ3n) is 4.84. The molecule has 5 heteroatoms. The summed E-state index contributed by atoms with van der Waals surface area (Å²) in [5.74, 6) is 0.192. The first kappa shape index (κ1) is 18.0. The van der Waals surface area contributed by atoms with Gasteiger partial charge in [0.2, 0.25) is 0 Å². The summed E-state index contributed by atoms with van der Waals surface area (Å²) in [5, 5.41) is 5.66. The number of hydrogen-bond acceptors (Lipinski definition) is 2. The number of amides is 3. The molecule has 0 saturated carbocycles. The largest absolute Gasteiger partial charge is 0.348 e. The standard InChI is InChI=1S/C21H25N3O2/c1-22-21(26)24-12-6-11-19(15-24)17-9-5-10-18(13-17)20(25)23-14-16-7-3-2-4-8-16/h2-5,7-10,13,19H,6,11-12,14-15H2,1H3,(H,22,26)(H,23,25). The second kappa shape index (κ2) is 8.52. The fraction of sp³-hybridized carbons (Fsp3) is 0.333. The highest BCUT2D eigenvalue weighted by molar-refractivity contribution is 5.94. The predicted molar refractivity (Wildman–Crippen MR) is 102 cm³/mol. The minimum atomic E-state index is -0.0744. The number of rotatable bonds is 4. The van der Waals surface area contributed by atoms with Gasteiger partial charge in [0.15, 0.2) is 0 Å². The lowest BCUT2D eigenvalue weighted by atomic mass is 9.89. The highest BCUT2D eigenvalue weighted by Gasteiger charge is 2.24. The molecule has 1 aliphatic heterocycles. The number of nitrogens with zero attached hydrogens (tertiary/aromatic N) is 1. The van der Waals surface area contributed by atoms with Gasteiger partial charge in [0.25, 0.3) is 5.91 Å². The van der Waals surface area contributed by atoms with E-state index in [1.165, 1.54) is 0 Å². The number of urea groups is 1. The summed E-state index contributed by atoms with van der Waals surface area (Å²) in [5.41, 5.74) is 2.85. The average Bonchev–Trinajstić information content (AvgIpc) is 2.72. The first-order chi connectivity index (χ1) is 12.7. The predicted octanol–water partition coefficient (Wildman–Crippen LogP) is 3.14. The summed E-state index contributed by atoms with van der Waals surface area (Å²) in [6.07, 6.45) is 2.01. The lowest BCUT2D eigenvalue weighted by Crippen LogP contribution is -2.43. The van der Waals surface area contributed by atoms with E-state index in [0.29, 0.717) is 18.7 Å². The van der Waals surface area contributed by atoms with Crippen LogP contribution in [0.5, 0.6) is 0 Å². The molecule has 1 fully saturated rings. The number of nitrogens with one attached hydrogen (secondary N) is 2. The van der Waals surface area contributed by atoms with Gasteiger partial charge in [-0.2, -0.15) is 0 Å². The Morgan fingerprint density at radius 1 is 1.12 bits per heavy atom. The zero-order valence-electron chi connectivity index (χ0n) is 15.1. The molecule has 2 N–H and O–H groups in total. The smallest absolute Gasteiger partial charge is 0.317 e. The molecule has 136 valence electrons. The van der Waals surface area contributed by atoms with Crippen LogP contribution in [0, 0.1) is 0 Å². The first-order valence-electron chi connectivity index (χ1n) is 9.06. The molecular weight excluding hydrogens is 326 g/mol. The fourth-order valence-corrected chi connectivity index (χ4v) is 3.41. The maximum absolute atomic E-state index is 12.5. The van der Waals surface area contributed by atoms with E-state index in [9.17, 15) is 9.59 Å². The Kier molecular flexibility index (Phi) is 5.89. The molecule has 0 spiro atoms. The monoisotopic (exact) mass is 351 g/mol. The third kappa shape index (κ3) is 4.42. The Bertz CT molecular complexity index is 761. The van der Waals surface area contributed by atoms with Gasteiger partial charge in [-0.05, 0) is 36.1 Å². The molecular formula is C21H25N3O2. The van der Waals surface area contributed by atoms with E-state index in [1.54, 1.807) is 7.05 Å². The van der Waals surface area contributed by atoms with Crippen molar-refractivity contribution in [2.45, 2.75) is 25.3 Å². The van der Waals surface area contributed by atoms with Gasteiger partial charge in [0.1, 0.15) is 0 Å². The third-order valence-corrected chi connectivity index (χ3v) is 4.84. The van der Waals surface area contributed by atoms with Crippen molar-refractivity contribution >= 4 is 11.9 Å². The fourth-order valence-electron chi connectivity index (χ4n) is 3.41. The van der Waals surface area contributed by atoms with Gasteiger partial charge in [-0.15, -0.1) is 0 Å². The van der Waals surface area contributed by atoms with Crippen molar-refractivity contribution in [1.29, 1.82) is 0 Å². The Hall–Kier alpha value is -2.82. The summed E-state index contributed by atoms with van der Waals surface area (Å²) in [6.45, 7) is 1.99. The van der Waals surface area contributed by atoms with Crippen molar-refractivity contribution in [2.24, 2.45) is 0 Å². The highest BCUT2D eigenvalue weighted by Crippen LogP contribution is 2.27. The molecule has 0 aliphatic carbocycles. The molecule has 1 unspecified atom stereocenters. The van der Waals surface area contributed by atoms with Crippen LogP contribution in [0.3, 0.4) is 0 Å². The lowest BCUT2D eigenvalue weighted by Gasteiger charge is -2.32. The second-order valence-corrected chi connectivity index (χ2v) is 6.63. The molecule has 1 heterocycles. The zero-order valence-corrected chi connectivity index (χ0v) is 15.1. The molecule has 2 aromatic rings. The van der Waals surface area contributed by atoms with E-state index in [-0.39, 0.29) is 17.9 Å². The molecule has 1 atom stereocenters. The molecule has 26 heavy (non-hydrogen) atoms. The maximum Gasteiger partial charge on any atom is 0.317 e. The second-order valence-electron chi connectivity index (χ2n) is 6.63. The summed E-state index contributed by atoms with van der Waals surface area (Å²) in [7, 11) is 1.66. The molecule has 1 aliphatic rings. The van der Waals surface area contributed by atoms with Gasteiger partial charge in [-0.25, -0.2) is 4.79 Å². The Morgan fingerprint density at radius 3 is 2.69 bits per heavy atom. The molecule has 0 aromatic heterocycles. The number of piperidine rings is 1. The van der Waals surface area contributed by atoms with Gasteiger partial charge in [0, 0.05) is 38.2 Å². The Labute approximate surface area is 154 Å². The van der Waals surface area contributed by atoms with Gasteiger partial charge in [-0.3, -0.25) is 4.79 Å². The van der Waals surface area contributed by atoms with Gasteiger partial charge >= 0.3 is 6.03 Å². The Balaban J connectivity index is 1.65. The van der Waals surface area contributed by atoms with Crippen molar-refractivity contribution in [1.82, 2.24) is 15.5 Å². The van der Waals surface area contributed by atoms with Crippen molar-refractivity contribution < 1.29 is 9.59 Å². The van der Waals surface area contributed by atoms with Crippen molar-refractivity contribution in [3.63, 3.8) is 0 Å². The van der Waals surface area contributed by atoms with E-state index in [1.807, 2.05) is 59.5 Å². The van der Waals surface area contributed by atoms with Crippen LogP contribution in [0.25, 0.3) is 0 Å². The van der Waals surface area contributed by atoms with E-state index >= 15 is 0 Å². The summed E-state index contributed by atoms with van der Waals surface area (Å²) in [6, 6.07) is 17.6. The molecule has 2 aromatic carbocycles. The highest BCUT2D eigenvalue weighted by atomic mass is 16.2. The van der Waals surface area contributed by atoms with Crippen LogP contribution < -0.4 is 10.6 Å². The minimum Gasteiger partial charge on any atom is -0.348 e. The van der Waals surface area contributed by atoms with E-state index < -0.39 is 0 Å². The van der Waals surface area contributed by atoms with Crippen LogP contribution in [0.1, 0.15) is 40.2 Å². The molecule has 3 amide bonds. The van der Waals surface area contributed by atoms with Crippen molar-refractivity contribution in [2.75, 3.05) is 20.1 Å². The van der Waals surface area contributed by atoms with Crippen molar-refractivity contribution in [3.8, 4) is 0 Å². The summed E-state index contributed by atoms with van der Waals surface area (Å²) < 4.78 is 0. The van der Waals surface area contributed by atoms with Gasteiger partial charge in [-0.1, -0.05) is 42.5 Å². The normalized spacial score (nSPS) is 16.8. The van der Waals surface area contributed by atoms with Crippen LogP contribution >= 0.6 is 0 Å². The van der Waals surface area contributed by atoms with Crippen LogP contribution in [0.2, 0.25) is 0 Å². The van der Waals surface area contributed by atoms with Crippen molar-refractivity contribution in [3.05, 3.63) is 71.3 Å². The SMILES string of the molecule is CNC(=O)N1CCCC(c2cccc(C(=O)NCc3ccccc3)c2)C1. The van der Waals surface area contributed by atoms with E-state index in [2.05, 4.69) is 10.6 Å². The quantitative estimate of drug-likeness (QED) is 0.889.